The number of nitrogens with zero attached hydrogens (tertiary/aromatic N) is 2. The van der Waals surface area contributed by atoms with E-state index >= 15 is 0 Å². The van der Waals surface area contributed by atoms with Crippen LogP contribution in [0, 0.1) is 12.4 Å². The number of amides is 1. The van der Waals surface area contributed by atoms with Crippen LogP contribution >= 0.6 is 11.6 Å². The van der Waals surface area contributed by atoms with Gasteiger partial charge in [0.25, 0.3) is 5.91 Å². The summed E-state index contributed by atoms with van der Waals surface area (Å²) in [6, 6.07) is 6.39. The third kappa shape index (κ3) is 4.76. The maximum atomic E-state index is 13.9. The van der Waals surface area contributed by atoms with E-state index in [1.807, 2.05) is 0 Å². The smallest absolute Gasteiger partial charge is 0.261 e. The minimum absolute atomic E-state index is 0.0116. The second-order valence-electron chi connectivity index (χ2n) is 6.54. The molecule has 0 fully saturated rings. The lowest BCUT2D eigenvalue weighted by atomic mass is 9.96. The number of phenols is 1. The van der Waals surface area contributed by atoms with E-state index in [0.29, 0.717) is 0 Å². The molecule has 146 valence electrons. The van der Waals surface area contributed by atoms with E-state index in [1.165, 1.54) is 38.1 Å². The molecule has 0 unspecified atom stereocenters. The molecule has 0 heterocycles. The van der Waals surface area contributed by atoms with Crippen molar-refractivity contribution in [3.05, 3.63) is 58.2 Å². The maximum Gasteiger partial charge on any atom is 0.261 e. The highest BCUT2D eigenvalue weighted by molar-refractivity contribution is 6.34. The Bertz CT molecular complexity index is 994. The molecule has 0 aliphatic carbocycles. The van der Waals surface area contributed by atoms with Crippen molar-refractivity contribution in [2.75, 3.05) is 6.54 Å². The Morgan fingerprint density at radius 2 is 2.07 bits per heavy atom. The van der Waals surface area contributed by atoms with Crippen LogP contribution in [0.2, 0.25) is 5.02 Å². The number of rotatable bonds is 4. The van der Waals surface area contributed by atoms with Gasteiger partial charge in [0, 0.05) is 5.56 Å². The Balaban J connectivity index is 2.57. The van der Waals surface area contributed by atoms with Gasteiger partial charge in [-0.2, -0.15) is 0 Å². The molecule has 1 amide bonds. The van der Waals surface area contributed by atoms with Crippen LogP contribution in [0.3, 0.4) is 0 Å². The summed E-state index contributed by atoms with van der Waals surface area (Å²) in [4.78, 5) is 19.9. The van der Waals surface area contributed by atoms with Crippen molar-refractivity contribution in [1.29, 1.82) is 0 Å². The van der Waals surface area contributed by atoms with Crippen LogP contribution in [-0.4, -0.2) is 34.2 Å². The van der Waals surface area contributed by atoms with E-state index in [1.54, 1.807) is 0 Å². The highest BCUT2D eigenvalue weighted by atomic mass is 35.5. The van der Waals surface area contributed by atoms with Crippen LogP contribution in [0.1, 0.15) is 24.2 Å². The SMILES string of the molecule is [C-]#[N+]c1ccc(O)c(C(=O)NC(N)=NCC(C)(C)O)c1-c1cccc(F)c1Cl. The number of hydrogen-bond acceptors (Lipinski definition) is 4. The normalized spacial score (nSPS) is 11.8. The van der Waals surface area contributed by atoms with E-state index < -0.39 is 23.1 Å². The minimum Gasteiger partial charge on any atom is -0.507 e. The lowest BCUT2D eigenvalue weighted by molar-refractivity contribution is 0.0896. The zero-order valence-electron chi connectivity index (χ0n) is 15.1. The van der Waals surface area contributed by atoms with E-state index in [0.717, 1.165) is 6.07 Å². The molecule has 0 aliphatic rings. The zero-order chi connectivity index (χ0) is 21.1. The molecule has 0 saturated heterocycles. The van der Waals surface area contributed by atoms with Crippen molar-refractivity contribution < 1.29 is 19.4 Å². The molecule has 0 aromatic heterocycles. The summed E-state index contributed by atoms with van der Waals surface area (Å²) in [5.41, 5.74) is 4.24. The second kappa shape index (κ2) is 8.25. The number of carbonyl (C=O) groups excluding carboxylic acids is 1. The Kier molecular flexibility index (Phi) is 6.23. The molecule has 28 heavy (non-hydrogen) atoms. The first-order valence-electron chi connectivity index (χ1n) is 8.06. The van der Waals surface area contributed by atoms with Crippen LogP contribution in [0.4, 0.5) is 10.1 Å². The van der Waals surface area contributed by atoms with Crippen LogP contribution in [-0.2, 0) is 0 Å². The molecule has 0 radical (unpaired) electrons. The fourth-order valence-electron chi connectivity index (χ4n) is 2.37. The molecule has 7 nitrogen and oxygen atoms in total. The van der Waals surface area contributed by atoms with Gasteiger partial charge in [-0.25, -0.2) is 9.24 Å². The molecule has 2 aromatic rings. The lowest BCUT2D eigenvalue weighted by Crippen LogP contribution is -2.38. The molecule has 0 bridgehead atoms. The molecule has 9 heteroatoms. The molecule has 2 rings (SSSR count). The standard InChI is InChI=1S/C19H18ClFN4O3/c1-19(2,28)9-24-18(22)25-17(27)15-13(26)8-7-12(23-3)14(15)10-5-4-6-11(21)16(10)20/h4-8,26,28H,9H2,1-2H3,(H3,22,24,25,27). The number of nitrogens with two attached hydrogens (primary N) is 1. The predicted molar refractivity (Wildman–Crippen MR) is 105 cm³/mol. The van der Waals surface area contributed by atoms with E-state index in [9.17, 15) is 19.4 Å². The average Bonchev–Trinajstić information content (AvgIpc) is 2.61. The number of aromatic hydroxyl groups is 1. The summed E-state index contributed by atoms with van der Waals surface area (Å²) in [6.45, 7) is 10.3. The summed E-state index contributed by atoms with van der Waals surface area (Å²) in [7, 11) is 0. The third-order valence-electron chi connectivity index (χ3n) is 3.61. The predicted octanol–water partition coefficient (Wildman–Crippen LogP) is 3.22. The second-order valence-corrected chi connectivity index (χ2v) is 6.91. The van der Waals surface area contributed by atoms with Gasteiger partial charge in [-0.05, 0) is 31.5 Å². The van der Waals surface area contributed by atoms with Crippen molar-refractivity contribution in [2.45, 2.75) is 19.4 Å². The summed E-state index contributed by atoms with van der Waals surface area (Å²) in [5, 5.41) is 21.9. The largest absolute Gasteiger partial charge is 0.507 e. The number of aliphatic hydroxyl groups is 1. The number of phenolic OH excluding ortho intramolecular Hbond substituents is 1. The van der Waals surface area contributed by atoms with E-state index in [2.05, 4.69) is 15.2 Å². The molecular weight excluding hydrogens is 387 g/mol. The van der Waals surface area contributed by atoms with Gasteiger partial charge in [-0.1, -0.05) is 29.8 Å². The lowest BCUT2D eigenvalue weighted by Gasteiger charge is -2.16. The first-order valence-corrected chi connectivity index (χ1v) is 8.44. The summed E-state index contributed by atoms with van der Waals surface area (Å²) < 4.78 is 13.9. The van der Waals surface area contributed by atoms with E-state index in [-0.39, 0.29) is 39.9 Å². The van der Waals surface area contributed by atoms with Gasteiger partial charge in [0.05, 0.1) is 29.3 Å². The highest BCUT2D eigenvalue weighted by Crippen LogP contribution is 2.42. The number of nitrogens with one attached hydrogen (secondary N) is 1. The van der Waals surface area contributed by atoms with Crippen molar-refractivity contribution in [3.8, 4) is 16.9 Å². The van der Waals surface area contributed by atoms with Gasteiger partial charge >= 0.3 is 0 Å². The average molecular weight is 405 g/mol. The molecule has 2 aromatic carbocycles. The molecule has 0 atom stereocenters. The molecule has 0 aliphatic heterocycles. The van der Waals surface area contributed by atoms with Gasteiger partial charge in [0.2, 0.25) is 0 Å². The molecule has 5 N–H and O–H groups in total. The van der Waals surface area contributed by atoms with Crippen LogP contribution < -0.4 is 11.1 Å². The molecule has 0 saturated carbocycles. The molecular formula is C19H18ClFN4O3. The van der Waals surface area contributed by atoms with Gasteiger partial charge in [-0.15, -0.1) is 0 Å². The van der Waals surface area contributed by atoms with Gasteiger partial charge in [-0.3, -0.25) is 15.1 Å². The maximum absolute atomic E-state index is 13.9. The number of guanidine groups is 1. The summed E-state index contributed by atoms with van der Waals surface area (Å²) >= 11 is 6.02. The number of hydrogen-bond donors (Lipinski definition) is 4. The summed E-state index contributed by atoms with van der Waals surface area (Å²) in [5.74, 6) is -2.35. The van der Waals surface area contributed by atoms with Crippen molar-refractivity contribution in [3.63, 3.8) is 0 Å². The number of benzene rings is 2. The van der Waals surface area contributed by atoms with Crippen molar-refractivity contribution in [1.82, 2.24) is 5.32 Å². The fourth-order valence-corrected chi connectivity index (χ4v) is 2.59. The Hall–Kier alpha value is -3.15. The molecule has 0 spiro atoms. The van der Waals surface area contributed by atoms with Crippen LogP contribution in [0.5, 0.6) is 5.75 Å². The van der Waals surface area contributed by atoms with Crippen LogP contribution in [0.15, 0.2) is 35.3 Å². The van der Waals surface area contributed by atoms with Gasteiger partial charge < -0.3 is 15.9 Å². The highest BCUT2D eigenvalue weighted by Gasteiger charge is 2.24. The topological polar surface area (TPSA) is 112 Å². The monoisotopic (exact) mass is 404 g/mol. The Labute approximate surface area is 166 Å². The first kappa shape index (κ1) is 21.2. The fraction of sp³-hybridized carbons (Fsp3) is 0.211. The van der Waals surface area contributed by atoms with Gasteiger partial charge in [0.1, 0.15) is 11.6 Å². The quantitative estimate of drug-likeness (QED) is 0.356. The zero-order valence-corrected chi connectivity index (χ0v) is 15.9. The van der Waals surface area contributed by atoms with E-state index in [4.69, 9.17) is 23.9 Å². The number of aliphatic imine (C=N–C) groups is 1. The van der Waals surface area contributed by atoms with Crippen molar-refractivity contribution >= 4 is 29.2 Å². The minimum atomic E-state index is -1.14. The number of carbonyl (C=O) groups is 1. The third-order valence-corrected chi connectivity index (χ3v) is 3.99. The van der Waals surface area contributed by atoms with Crippen molar-refractivity contribution in [2.24, 2.45) is 10.7 Å². The van der Waals surface area contributed by atoms with Crippen LogP contribution in [0.25, 0.3) is 16.0 Å². The number of halogens is 2. The Morgan fingerprint density at radius 3 is 2.68 bits per heavy atom. The van der Waals surface area contributed by atoms with Gasteiger partial charge in [0.15, 0.2) is 11.6 Å². The first-order chi connectivity index (χ1) is 13.0. The Morgan fingerprint density at radius 1 is 1.39 bits per heavy atom. The summed E-state index contributed by atoms with van der Waals surface area (Å²) in [6.07, 6.45) is 0.